The number of nitrogens with one attached hydrogen (secondary N) is 2. The van der Waals surface area contributed by atoms with E-state index in [4.69, 9.17) is 4.74 Å². The van der Waals surface area contributed by atoms with Crippen LogP contribution in [-0.4, -0.2) is 67.3 Å². The molecule has 0 aliphatic heterocycles. The van der Waals surface area contributed by atoms with Crippen molar-refractivity contribution in [1.82, 2.24) is 15.5 Å². The summed E-state index contributed by atoms with van der Waals surface area (Å²) < 4.78 is 5.48. The van der Waals surface area contributed by atoms with Gasteiger partial charge in [0, 0.05) is 24.9 Å². The van der Waals surface area contributed by atoms with Gasteiger partial charge in [-0.15, -0.1) is 0 Å². The maximum atomic E-state index is 12.3. The molecule has 0 spiro atoms. The number of carbonyl (C=O) groups is 3. The molecule has 2 aromatic rings. The number of ether oxygens (including phenoxy) is 1. The number of likely N-dealkylation sites (N-methyl/N-ethyl adjacent to an activating group) is 1. The largest absolute Gasteiger partial charge is 0.480 e. The Morgan fingerprint density at radius 3 is 2.09 bits per heavy atom. The lowest BCUT2D eigenvalue weighted by molar-refractivity contribution is -0.142. The third-order valence-corrected chi connectivity index (χ3v) is 5.38. The summed E-state index contributed by atoms with van der Waals surface area (Å²) in [5.41, 5.74) is 4.53. The van der Waals surface area contributed by atoms with Crippen LogP contribution >= 0.6 is 0 Å². The molecule has 0 saturated heterocycles. The molecule has 0 saturated carbocycles. The summed E-state index contributed by atoms with van der Waals surface area (Å²) in [6, 6.07) is 14.6. The first-order chi connectivity index (χ1) is 15.3. The smallest absolute Gasteiger partial charge is 0.407 e. The van der Waals surface area contributed by atoms with E-state index >= 15 is 0 Å². The Morgan fingerprint density at radius 1 is 1.00 bits per heavy atom. The first-order valence-corrected chi connectivity index (χ1v) is 10.5. The van der Waals surface area contributed by atoms with Crippen LogP contribution in [0, 0.1) is 0 Å². The molecular formula is C24H29N3O5. The number of amides is 2. The second-order valence-electron chi connectivity index (χ2n) is 8.30. The van der Waals surface area contributed by atoms with Crippen LogP contribution in [-0.2, 0) is 14.3 Å². The number of benzene rings is 2. The quantitative estimate of drug-likeness (QED) is 0.554. The highest BCUT2D eigenvalue weighted by Gasteiger charge is 2.29. The van der Waals surface area contributed by atoms with Gasteiger partial charge in [-0.2, -0.15) is 0 Å². The fourth-order valence-electron chi connectivity index (χ4n) is 3.97. The van der Waals surface area contributed by atoms with Crippen molar-refractivity contribution >= 4 is 18.0 Å². The van der Waals surface area contributed by atoms with Crippen LogP contribution in [0.5, 0.6) is 0 Å². The number of fused-ring (bicyclic) bond motifs is 3. The summed E-state index contributed by atoms with van der Waals surface area (Å²) in [4.78, 5) is 37.5. The van der Waals surface area contributed by atoms with E-state index < -0.39 is 30.1 Å². The van der Waals surface area contributed by atoms with Gasteiger partial charge in [0.25, 0.3) is 0 Å². The summed E-state index contributed by atoms with van der Waals surface area (Å²) >= 11 is 0. The number of hydrogen-bond acceptors (Lipinski definition) is 5. The summed E-state index contributed by atoms with van der Waals surface area (Å²) in [5.74, 6) is -1.61. The molecule has 2 atom stereocenters. The van der Waals surface area contributed by atoms with E-state index in [9.17, 15) is 19.5 Å². The number of carboxylic acid groups (broad SMARTS) is 1. The Kier molecular flexibility index (Phi) is 7.48. The standard InChI is InChI=1S/C24H29N3O5/c1-15(12-22(28)26-21(23(29)30)13-27(2)3)25-24(31)32-14-20-18-10-6-4-8-16(18)17-9-5-7-11-19(17)20/h4-11,15,20-21H,12-14H2,1-3H3,(H,25,31)(H,26,28)(H,29,30)/t15-,21+/m1/s1. The molecule has 32 heavy (non-hydrogen) atoms. The molecule has 2 aromatic carbocycles. The molecule has 0 aromatic heterocycles. The van der Waals surface area contributed by atoms with Gasteiger partial charge < -0.3 is 25.4 Å². The van der Waals surface area contributed by atoms with Crippen molar-refractivity contribution in [2.45, 2.75) is 31.3 Å². The number of aliphatic carboxylic acids is 1. The van der Waals surface area contributed by atoms with Crippen LogP contribution in [0.4, 0.5) is 4.79 Å². The molecule has 0 heterocycles. The monoisotopic (exact) mass is 439 g/mol. The van der Waals surface area contributed by atoms with Gasteiger partial charge in [-0.05, 0) is 43.3 Å². The third kappa shape index (κ3) is 5.64. The van der Waals surface area contributed by atoms with Crippen molar-refractivity contribution < 1.29 is 24.2 Å². The Bertz CT molecular complexity index is 946. The number of carbonyl (C=O) groups excluding carboxylic acids is 2. The molecule has 3 rings (SSSR count). The first-order valence-electron chi connectivity index (χ1n) is 10.5. The van der Waals surface area contributed by atoms with E-state index in [1.54, 1.807) is 25.9 Å². The van der Waals surface area contributed by atoms with Crippen molar-refractivity contribution in [3.63, 3.8) is 0 Å². The number of rotatable bonds is 9. The Morgan fingerprint density at radius 2 is 1.56 bits per heavy atom. The van der Waals surface area contributed by atoms with E-state index in [-0.39, 0.29) is 25.5 Å². The second kappa shape index (κ2) is 10.3. The molecule has 0 unspecified atom stereocenters. The van der Waals surface area contributed by atoms with Crippen molar-refractivity contribution in [3.05, 3.63) is 59.7 Å². The molecule has 1 aliphatic rings. The third-order valence-electron chi connectivity index (χ3n) is 5.38. The molecule has 0 fully saturated rings. The molecule has 0 radical (unpaired) electrons. The summed E-state index contributed by atoms with van der Waals surface area (Å²) in [6.45, 7) is 2.03. The zero-order valence-electron chi connectivity index (χ0n) is 18.5. The van der Waals surface area contributed by atoms with E-state index in [0.717, 1.165) is 22.3 Å². The number of nitrogens with zero attached hydrogens (tertiary/aromatic N) is 1. The van der Waals surface area contributed by atoms with E-state index in [0.29, 0.717) is 0 Å². The van der Waals surface area contributed by atoms with Crippen molar-refractivity contribution in [1.29, 1.82) is 0 Å². The predicted octanol–water partition coefficient (Wildman–Crippen LogP) is 2.43. The highest BCUT2D eigenvalue weighted by Crippen LogP contribution is 2.44. The Labute approximate surface area is 187 Å². The summed E-state index contributed by atoms with van der Waals surface area (Å²) in [6.07, 6.45) is -0.670. The van der Waals surface area contributed by atoms with Gasteiger partial charge in [0.15, 0.2) is 0 Å². The van der Waals surface area contributed by atoms with Crippen molar-refractivity contribution in [3.8, 4) is 11.1 Å². The van der Waals surface area contributed by atoms with Crippen LogP contribution in [0.1, 0.15) is 30.4 Å². The zero-order chi connectivity index (χ0) is 23.3. The van der Waals surface area contributed by atoms with Crippen LogP contribution in [0.3, 0.4) is 0 Å². The molecule has 1 aliphatic carbocycles. The van der Waals surface area contributed by atoms with Crippen LogP contribution in [0.2, 0.25) is 0 Å². The molecule has 8 nitrogen and oxygen atoms in total. The molecule has 170 valence electrons. The number of carboxylic acids is 1. The van der Waals surface area contributed by atoms with Gasteiger partial charge in [0.2, 0.25) is 5.91 Å². The average molecular weight is 440 g/mol. The van der Waals surface area contributed by atoms with Crippen LogP contribution < -0.4 is 10.6 Å². The minimum Gasteiger partial charge on any atom is -0.480 e. The lowest BCUT2D eigenvalue weighted by atomic mass is 9.98. The fourth-order valence-corrected chi connectivity index (χ4v) is 3.97. The normalized spacial score (nSPS) is 14.2. The van der Waals surface area contributed by atoms with E-state index in [1.165, 1.54) is 0 Å². The summed E-state index contributed by atoms with van der Waals surface area (Å²) in [5, 5.41) is 14.4. The first kappa shape index (κ1) is 23.3. The van der Waals surface area contributed by atoms with Gasteiger partial charge in [0.05, 0.1) is 0 Å². The Hall–Kier alpha value is -3.39. The predicted molar refractivity (Wildman–Crippen MR) is 120 cm³/mol. The molecule has 3 N–H and O–H groups in total. The van der Waals surface area contributed by atoms with Gasteiger partial charge in [-0.3, -0.25) is 4.79 Å². The molecule has 2 amide bonds. The number of alkyl carbamates (subject to hydrolysis) is 1. The van der Waals surface area contributed by atoms with Crippen LogP contribution in [0.15, 0.2) is 48.5 Å². The maximum Gasteiger partial charge on any atom is 0.407 e. The number of hydrogen-bond donors (Lipinski definition) is 3. The van der Waals surface area contributed by atoms with Gasteiger partial charge in [-0.25, -0.2) is 9.59 Å². The van der Waals surface area contributed by atoms with Crippen molar-refractivity contribution in [2.75, 3.05) is 27.2 Å². The SMILES string of the molecule is C[C@H](CC(=O)N[C@@H](CN(C)C)C(=O)O)NC(=O)OCC1c2ccccc2-c2ccccc21. The van der Waals surface area contributed by atoms with Crippen molar-refractivity contribution in [2.24, 2.45) is 0 Å². The van der Waals surface area contributed by atoms with E-state index in [1.807, 2.05) is 36.4 Å². The topological polar surface area (TPSA) is 108 Å². The minimum absolute atomic E-state index is 0.0471. The van der Waals surface area contributed by atoms with Gasteiger partial charge in [0.1, 0.15) is 12.6 Å². The second-order valence-corrected chi connectivity index (χ2v) is 8.30. The maximum absolute atomic E-state index is 12.3. The minimum atomic E-state index is -1.11. The summed E-state index contributed by atoms with van der Waals surface area (Å²) in [7, 11) is 3.45. The highest BCUT2D eigenvalue weighted by molar-refractivity contribution is 5.84. The van der Waals surface area contributed by atoms with E-state index in [2.05, 4.69) is 22.8 Å². The zero-order valence-corrected chi connectivity index (χ0v) is 18.5. The molecular weight excluding hydrogens is 410 g/mol. The lowest BCUT2D eigenvalue weighted by Crippen LogP contribution is -2.48. The molecule has 8 heteroatoms. The van der Waals surface area contributed by atoms with Crippen LogP contribution in [0.25, 0.3) is 11.1 Å². The highest BCUT2D eigenvalue weighted by atomic mass is 16.5. The lowest BCUT2D eigenvalue weighted by Gasteiger charge is -2.20. The Balaban J connectivity index is 1.52. The fraction of sp³-hybridized carbons (Fsp3) is 0.375. The molecule has 0 bridgehead atoms. The van der Waals surface area contributed by atoms with Gasteiger partial charge in [-0.1, -0.05) is 48.5 Å². The average Bonchev–Trinajstić information content (AvgIpc) is 3.05. The van der Waals surface area contributed by atoms with Gasteiger partial charge >= 0.3 is 12.1 Å².